The summed E-state index contributed by atoms with van der Waals surface area (Å²) in [5.41, 5.74) is 0.635. The molecule has 0 N–H and O–H groups in total. The van der Waals surface area contributed by atoms with Crippen molar-refractivity contribution >= 4 is 0 Å². The Kier molecular flexibility index (Phi) is 4.64. The average Bonchev–Trinajstić information content (AvgIpc) is 2.75. The van der Waals surface area contributed by atoms with Crippen LogP contribution in [0.2, 0.25) is 0 Å². The normalized spacial score (nSPS) is 20.8. The van der Waals surface area contributed by atoms with Crippen molar-refractivity contribution in [2.45, 2.75) is 78.2 Å². The smallest absolute Gasteiger partial charge is 0.0680 e. The topological polar surface area (TPSA) is 9.23 Å². The van der Waals surface area contributed by atoms with E-state index in [4.69, 9.17) is 4.74 Å². The van der Waals surface area contributed by atoms with Gasteiger partial charge in [0.1, 0.15) is 0 Å². The van der Waals surface area contributed by atoms with Gasteiger partial charge in [-0.3, -0.25) is 0 Å². The van der Waals surface area contributed by atoms with Gasteiger partial charge in [0, 0.05) is 0 Å². The van der Waals surface area contributed by atoms with E-state index in [0.29, 0.717) is 5.41 Å². The Labute approximate surface area is 95.6 Å². The Morgan fingerprint density at radius 3 is 2.00 bits per heavy atom. The Morgan fingerprint density at radius 2 is 1.60 bits per heavy atom. The summed E-state index contributed by atoms with van der Waals surface area (Å²) in [6.45, 7) is 10.1. The maximum Gasteiger partial charge on any atom is 0.0680 e. The molecule has 0 spiro atoms. The molecule has 1 fully saturated rings. The summed E-state index contributed by atoms with van der Waals surface area (Å²) >= 11 is 0. The van der Waals surface area contributed by atoms with Crippen molar-refractivity contribution in [1.82, 2.24) is 0 Å². The van der Waals surface area contributed by atoms with Crippen molar-refractivity contribution in [3.63, 3.8) is 0 Å². The Bertz CT molecular complexity index is 176. The SMILES string of the molecule is CCC(C)(CC)COC1(CC)CCCC1. The molecule has 0 aliphatic heterocycles. The molecule has 0 amide bonds. The van der Waals surface area contributed by atoms with Crippen LogP contribution in [0.4, 0.5) is 0 Å². The van der Waals surface area contributed by atoms with Crippen LogP contribution in [0.1, 0.15) is 72.6 Å². The molecule has 1 aliphatic rings. The zero-order chi connectivity index (χ0) is 11.4. The molecule has 0 heterocycles. The van der Waals surface area contributed by atoms with E-state index < -0.39 is 0 Å². The van der Waals surface area contributed by atoms with Gasteiger partial charge in [0.15, 0.2) is 0 Å². The van der Waals surface area contributed by atoms with Gasteiger partial charge in [-0.25, -0.2) is 0 Å². The van der Waals surface area contributed by atoms with Crippen LogP contribution in [-0.2, 0) is 4.74 Å². The van der Waals surface area contributed by atoms with Crippen LogP contribution in [-0.4, -0.2) is 12.2 Å². The minimum atomic E-state index is 0.242. The van der Waals surface area contributed by atoms with E-state index in [1.54, 1.807) is 0 Å². The van der Waals surface area contributed by atoms with E-state index in [2.05, 4.69) is 27.7 Å². The molecule has 1 nitrogen and oxygen atoms in total. The molecule has 0 radical (unpaired) electrons. The molecular formula is C14H28O. The number of rotatable bonds is 6. The van der Waals surface area contributed by atoms with E-state index in [1.165, 1.54) is 44.9 Å². The molecule has 0 unspecified atom stereocenters. The van der Waals surface area contributed by atoms with Gasteiger partial charge < -0.3 is 4.74 Å². The van der Waals surface area contributed by atoms with Crippen molar-refractivity contribution in [3.05, 3.63) is 0 Å². The van der Waals surface area contributed by atoms with E-state index in [0.717, 1.165) is 6.61 Å². The fourth-order valence-electron chi connectivity index (χ4n) is 2.40. The van der Waals surface area contributed by atoms with E-state index in [1.807, 2.05) is 0 Å². The average molecular weight is 212 g/mol. The van der Waals surface area contributed by atoms with Crippen LogP contribution in [0.3, 0.4) is 0 Å². The van der Waals surface area contributed by atoms with Gasteiger partial charge >= 0.3 is 0 Å². The second-order valence-corrected chi connectivity index (χ2v) is 5.55. The molecule has 15 heavy (non-hydrogen) atoms. The van der Waals surface area contributed by atoms with Crippen LogP contribution in [0.15, 0.2) is 0 Å². The summed E-state index contributed by atoms with van der Waals surface area (Å²) in [5.74, 6) is 0. The molecular weight excluding hydrogens is 184 g/mol. The quantitative estimate of drug-likeness (QED) is 0.627. The first kappa shape index (κ1) is 13.0. The largest absolute Gasteiger partial charge is 0.374 e. The van der Waals surface area contributed by atoms with Crippen LogP contribution < -0.4 is 0 Å². The number of hydrogen-bond acceptors (Lipinski definition) is 1. The summed E-state index contributed by atoms with van der Waals surface area (Å²) in [4.78, 5) is 0. The third-order valence-electron chi connectivity index (χ3n) is 4.59. The van der Waals surface area contributed by atoms with Crippen molar-refractivity contribution < 1.29 is 4.74 Å². The van der Waals surface area contributed by atoms with Gasteiger partial charge in [-0.05, 0) is 37.5 Å². The van der Waals surface area contributed by atoms with Crippen LogP contribution >= 0.6 is 0 Å². The zero-order valence-electron chi connectivity index (χ0n) is 11.1. The van der Waals surface area contributed by atoms with Gasteiger partial charge in [0.25, 0.3) is 0 Å². The van der Waals surface area contributed by atoms with Crippen molar-refractivity contribution in [2.75, 3.05) is 6.61 Å². The highest BCUT2D eigenvalue weighted by Crippen LogP contribution is 2.38. The summed E-state index contributed by atoms with van der Waals surface area (Å²) in [6, 6.07) is 0. The van der Waals surface area contributed by atoms with E-state index in [-0.39, 0.29) is 5.60 Å². The molecule has 0 bridgehead atoms. The lowest BCUT2D eigenvalue weighted by Crippen LogP contribution is -2.33. The molecule has 0 atom stereocenters. The van der Waals surface area contributed by atoms with Gasteiger partial charge in [0.2, 0.25) is 0 Å². The molecule has 0 aromatic heterocycles. The third-order valence-corrected chi connectivity index (χ3v) is 4.59. The Hall–Kier alpha value is -0.0400. The highest BCUT2D eigenvalue weighted by Gasteiger charge is 2.34. The predicted molar refractivity (Wildman–Crippen MR) is 66.1 cm³/mol. The lowest BCUT2D eigenvalue weighted by atomic mass is 9.85. The second-order valence-electron chi connectivity index (χ2n) is 5.55. The first-order valence-electron chi connectivity index (χ1n) is 6.74. The zero-order valence-corrected chi connectivity index (χ0v) is 11.1. The molecule has 1 saturated carbocycles. The first-order valence-corrected chi connectivity index (χ1v) is 6.74. The molecule has 0 aromatic carbocycles. The third kappa shape index (κ3) is 3.21. The molecule has 1 rings (SSSR count). The van der Waals surface area contributed by atoms with E-state index >= 15 is 0 Å². The monoisotopic (exact) mass is 212 g/mol. The minimum Gasteiger partial charge on any atom is -0.374 e. The van der Waals surface area contributed by atoms with Gasteiger partial charge in [-0.15, -0.1) is 0 Å². The maximum atomic E-state index is 6.29. The highest BCUT2D eigenvalue weighted by atomic mass is 16.5. The van der Waals surface area contributed by atoms with E-state index in [9.17, 15) is 0 Å². The van der Waals surface area contributed by atoms with Crippen molar-refractivity contribution in [1.29, 1.82) is 0 Å². The Balaban J connectivity index is 2.46. The van der Waals surface area contributed by atoms with Gasteiger partial charge in [-0.1, -0.05) is 40.5 Å². The first-order chi connectivity index (χ1) is 7.10. The number of ether oxygens (including phenoxy) is 1. The summed E-state index contributed by atoms with van der Waals surface area (Å²) < 4.78 is 6.29. The second kappa shape index (κ2) is 5.34. The van der Waals surface area contributed by atoms with Crippen LogP contribution in [0, 0.1) is 5.41 Å². The Morgan fingerprint density at radius 1 is 1.07 bits per heavy atom. The van der Waals surface area contributed by atoms with Gasteiger partial charge in [-0.2, -0.15) is 0 Å². The fourth-order valence-corrected chi connectivity index (χ4v) is 2.40. The molecule has 0 aromatic rings. The van der Waals surface area contributed by atoms with Crippen molar-refractivity contribution in [2.24, 2.45) is 5.41 Å². The van der Waals surface area contributed by atoms with Gasteiger partial charge in [0.05, 0.1) is 12.2 Å². The molecule has 1 heteroatoms. The summed E-state index contributed by atoms with van der Waals surface area (Å²) in [6.07, 6.45) is 8.94. The minimum absolute atomic E-state index is 0.242. The lowest BCUT2D eigenvalue weighted by molar-refractivity contribution is -0.0810. The summed E-state index contributed by atoms with van der Waals surface area (Å²) in [5, 5.41) is 0. The van der Waals surface area contributed by atoms with Crippen LogP contribution in [0.5, 0.6) is 0 Å². The summed E-state index contributed by atoms with van der Waals surface area (Å²) in [7, 11) is 0. The molecule has 90 valence electrons. The standard InChI is InChI=1S/C14H28O/c1-5-13(4,6-2)12-15-14(7-3)10-8-9-11-14/h5-12H2,1-4H3. The number of hydrogen-bond donors (Lipinski definition) is 0. The molecule has 0 saturated heterocycles. The lowest BCUT2D eigenvalue weighted by Gasteiger charge is -2.34. The molecule has 1 aliphatic carbocycles. The van der Waals surface area contributed by atoms with Crippen LogP contribution in [0.25, 0.3) is 0 Å². The van der Waals surface area contributed by atoms with Crippen molar-refractivity contribution in [3.8, 4) is 0 Å². The predicted octanol–water partition coefficient (Wildman–Crippen LogP) is 4.55. The highest BCUT2D eigenvalue weighted by molar-refractivity contribution is 4.86. The maximum absolute atomic E-state index is 6.29. The fraction of sp³-hybridized carbons (Fsp3) is 1.00.